The van der Waals surface area contributed by atoms with E-state index in [1.54, 1.807) is 30.3 Å². The first-order valence-corrected chi connectivity index (χ1v) is 19.7. The lowest BCUT2D eigenvalue weighted by Gasteiger charge is -2.45. The standard InChI is InChI=1S/C41H43Cl3N2O14/c1-22(57-38-34(46-40(52)56-21-41(42,43)44)36(59-25(4)49)35(58-24(3)48)32(60-38)20-53-23(2)47)33(37(50)54-18-26-12-6-5-7-13-26)45-39(51)55-19-31-29-16-10-8-14-27(29)28-15-9-11-17-30(28)31/h5-17,22,31-36,38H,18-21H2,1-4H3,(H,45,51)(H,46,52)/t22-,32?,33+,34?,35-,36?,38-/m1/s1. The minimum atomic E-state index is -2.02. The average molecular weight is 894 g/mol. The molecule has 60 heavy (non-hydrogen) atoms. The molecule has 1 aliphatic carbocycles. The Morgan fingerprint density at radius 2 is 1.28 bits per heavy atom. The topological polar surface area (TPSA) is 200 Å². The van der Waals surface area contributed by atoms with Gasteiger partial charge in [0.25, 0.3) is 0 Å². The number of halogens is 3. The number of carbonyl (C=O) groups excluding carboxylic acids is 6. The summed E-state index contributed by atoms with van der Waals surface area (Å²) < 4.78 is 42.9. The SMILES string of the molecule is CC(=O)OCC1O[C@@H](O[C@H](C)[C@H](NC(=O)OCC2c3ccccc3-c3ccccc32)C(=O)OCc2ccccc2)C(NC(=O)OCC(Cl)(Cl)Cl)C(OC(C)=O)[C@@H]1OC(C)=O. The minimum Gasteiger partial charge on any atom is -0.463 e. The quantitative estimate of drug-likeness (QED) is 0.108. The van der Waals surface area contributed by atoms with Crippen molar-refractivity contribution in [1.82, 2.24) is 10.6 Å². The number of nitrogens with one attached hydrogen (secondary N) is 2. The molecule has 7 atom stereocenters. The predicted octanol–water partition coefficient (Wildman–Crippen LogP) is 5.66. The Labute approximate surface area is 360 Å². The highest BCUT2D eigenvalue weighted by Gasteiger charge is 2.53. The summed E-state index contributed by atoms with van der Waals surface area (Å²) in [6.45, 7) is 3.08. The van der Waals surface area contributed by atoms with E-state index in [1.165, 1.54) is 6.92 Å². The van der Waals surface area contributed by atoms with Gasteiger partial charge in [-0.1, -0.05) is 114 Å². The zero-order chi connectivity index (χ0) is 43.6. The zero-order valence-electron chi connectivity index (χ0n) is 32.8. The van der Waals surface area contributed by atoms with Crippen molar-refractivity contribution in [3.63, 3.8) is 0 Å². The van der Waals surface area contributed by atoms with Crippen LogP contribution in [0.3, 0.4) is 0 Å². The summed E-state index contributed by atoms with van der Waals surface area (Å²) in [6, 6.07) is 21.1. The summed E-state index contributed by atoms with van der Waals surface area (Å²) in [4.78, 5) is 77.2. The number of fused-ring (bicyclic) bond motifs is 3. The van der Waals surface area contributed by atoms with Gasteiger partial charge in [0.05, 0.1) is 6.10 Å². The van der Waals surface area contributed by atoms with E-state index < -0.39 is 95.9 Å². The van der Waals surface area contributed by atoms with E-state index in [4.69, 9.17) is 72.7 Å². The van der Waals surface area contributed by atoms with Crippen molar-refractivity contribution in [2.24, 2.45) is 0 Å². The highest BCUT2D eigenvalue weighted by atomic mass is 35.6. The van der Waals surface area contributed by atoms with Crippen LogP contribution in [0.5, 0.6) is 0 Å². The molecule has 2 N–H and O–H groups in total. The number of rotatable bonds is 15. The number of hydrogen-bond acceptors (Lipinski definition) is 14. The number of carbonyl (C=O) groups is 6. The molecule has 0 saturated carbocycles. The lowest BCUT2D eigenvalue weighted by atomic mass is 9.96. The molecule has 3 aromatic carbocycles. The van der Waals surface area contributed by atoms with Gasteiger partial charge >= 0.3 is 36.1 Å². The van der Waals surface area contributed by atoms with Gasteiger partial charge in [-0.2, -0.15) is 0 Å². The van der Waals surface area contributed by atoms with Crippen molar-refractivity contribution in [1.29, 1.82) is 0 Å². The zero-order valence-corrected chi connectivity index (χ0v) is 35.1. The molecule has 0 bridgehead atoms. The molecule has 3 unspecified atom stereocenters. The van der Waals surface area contributed by atoms with Crippen molar-refractivity contribution >= 4 is 70.9 Å². The van der Waals surface area contributed by atoms with E-state index in [9.17, 15) is 28.8 Å². The lowest BCUT2D eigenvalue weighted by molar-refractivity contribution is -0.287. The summed E-state index contributed by atoms with van der Waals surface area (Å²) in [5.74, 6) is -3.74. The second-order valence-electron chi connectivity index (χ2n) is 13.7. The maximum absolute atomic E-state index is 13.9. The van der Waals surface area contributed by atoms with Crippen LogP contribution in [0.2, 0.25) is 0 Å². The molecule has 16 nitrogen and oxygen atoms in total. The average Bonchev–Trinajstić information content (AvgIpc) is 3.52. The minimum absolute atomic E-state index is 0.0889. The molecular formula is C41H43Cl3N2O14. The fourth-order valence-electron chi connectivity index (χ4n) is 6.74. The monoisotopic (exact) mass is 892 g/mol. The highest BCUT2D eigenvalue weighted by Crippen LogP contribution is 2.44. The van der Waals surface area contributed by atoms with Crippen molar-refractivity contribution in [2.75, 3.05) is 19.8 Å². The largest absolute Gasteiger partial charge is 0.463 e. The molecule has 1 saturated heterocycles. The van der Waals surface area contributed by atoms with Crippen molar-refractivity contribution in [3.05, 3.63) is 95.6 Å². The van der Waals surface area contributed by atoms with Gasteiger partial charge in [-0.25, -0.2) is 14.4 Å². The van der Waals surface area contributed by atoms with Crippen LogP contribution in [-0.2, 0) is 63.7 Å². The smallest absolute Gasteiger partial charge is 0.407 e. The number of alkyl halides is 3. The third kappa shape index (κ3) is 12.7. The number of benzene rings is 3. The second-order valence-corrected chi connectivity index (χ2v) is 16.3. The molecule has 1 fully saturated rings. The van der Waals surface area contributed by atoms with Gasteiger partial charge in [0.15, 0.2) is 24.5 Å². The van der Waals surface area contributed by atoms with Crippen LogP contribution in [0.15, 0.2) is 78.9 Å². The molecular weight excluding hydrogens is 851 g/mol. The first-order valence-electron chi connectivity index (χ1n) is 18.6. The summed E-state index contributed by atoms with van der Waals surface area (Å²) >= 11 is 17.3. The predicted molar refractivity (Wildman–Crippen MR) is 214 cm³/mol. The van der Waals surface area contributed by atoms with E-state index in [0.29, 0.717) is 5.56 Å². The second kappa shape index (κ2) is 20.9. The van der Waals surface area contributed by atoms with Gasteiger partial charge in [0.1, 0.15) is 38.6 Å². The van der Waals surface area contributed by atoms with Crippen LogP contribution in [0, 0.1) is 0 Å². The Morgan fingerprint density at radius 1 is 0.700 bits per heavy atom. The maximum atomic E-state index is 13.9. The third-order valence-electron chi connectivity index (χ3n) is 9.27. The third-order valence-corrected chi connectivity index (χ3v) is 9.59. The van der Waals surface area contributed by atoms with Crippen LogP contribution in [0.4, 0.5) is 9.59 Å². The van der Waals surface area contributed by atoms with E-state index in [0.717, 1.165) is 43.0 Å². The fourth-order valence-corrected chi connectivity index (χ4v) is 6.90. The van der Waals surface area contributed by atoms with Gasteiger partial charge in [-0.15, -0.1) is 0 Å². The number of hydrogen-bond donors (Lipinski definition) is 2. The molecule has 1 heterocycles. The molecule has 2 aliphatic rings. The molecule has 3 aromatic rings. The summed E-state index contributed by atoms with van der Waals surface area (Å²) in [7, 11) is 0. The molecule has 19 heteroatoms. The van der Waals surface area contributed by atoms with Crippen molar-refractivity contribution in [3.8, 4) is 11.1 Å². The molecule has 2 amide bonds. The van der Waals surface area contributed by atoms with Gasteiger partial charge in [0.2, 0.25) is 3.79 Å². The number of esters is 4. The van der Waals surface area contributed by atoms with E-state index in [-0.39, 0.29) is 19.1 Å². The summed E-state index contributed by atoms with van der Waals surface area (Å²) in [5.41, 5.74) is 4.57. The highest BCUT2D eigenvalue weighted by molar-refractivity contribution is 6.67. The first kappa shape index (κ1) is 45.9. The first-order chi connectivity index (χ1) is 28.5. The molecule has 0 radical (unpaired) electrons. The normalized spacial score (nSPS) is 20.6. The number of ether oxygens (including phenoxy) is 8. The molecule has 0 aromatic heterocycles. The van der Waals surface area contributed by atoms with Gasteiger partial charge in [-0.05, 0) is 34.7 Å². The van der Waals surface area contributed by atoms with Crippen LogP contribution in [0.1, 0.15) is 50.3 Å². The number of amides is 2. The maximum Gasteiger partial charge on any atom is 0.407 e. The molecule has 0 spiro atoms. The van der Waals surface area contributed by atoms with Crippen LogP contribution in [-0.4, -0.2) is 102 Å². The summed E-state index contributed by atoms with van der Waals surface area (Å²) in [5, 5.41) is 4.96. The lowest BCUT2D eigenvalue weighted by Crippen LogP contribution is -2.67. The van der Waals surface area contributed by atoms with Gasteiger partial charge < -0.3 is 48.5 Å². The van der Waals surface area contributed by atoms with Crippen LogP contribution < -0.4 is 10.6 Å². The van der Waals surface area contributed by atoms with Crippen molar-refractivity contribution < 1.29 is 66.7 Å². The Bertz CT molecular complexity index is 1970. The molecule has 5 rings (SSSR count). The Hall–Kier alpha value is -5.13. The Morgan fingerprint density at radius 3 is 1.87 bits per heavy atom. The Kier molecular flexibility index (Phi) is 16.0. The van der Waals surface area contributed by atoms with Crippen LogP contribution >= 0.6 is 34.8 Å². The van der Waals surface area contributed by atoms with E-state index >= 15 is 0 Å². The van der Waals surface area contributed by atoms with E-state index in [1.807, 2.05) is 48.5 Å². The van der Waals surface area contributed by atoms with Crippen LogP contribution in [0.25, 0.3) is 11.1 Å². The van der Waals surface area contributed by atoms with Crippen molar-refractivity contribution in [2.45, 2.75) is 86.8 Å². The number of alkyl carbamates (subject to hydrolysis) is 2. The Balaban J connectivity index is 1.43. The molecule has 322 valence electrons. The van der Waals surface area contributed by atoms with E-state index in [2.05, 4.69) is 10.6 Å². The molecule has 1 aliphatic heterocycles. The van der Waals surface area contributed by atoms with Gasteiger partial charge in [-0.3, -0.25) is 14.4 Å². The van der Waals surface area contributed by atoms with Gasteiger partial charge in [0, 0.05) is 26.7 Å². The summed E-state index contributed by atoms with van der Waals surface area (Å²) in [6.07, 6.45) is -9.80. The fraction of sp³-hybridized carbons (Fsp3) is 0.415.